The zero-order valence-electron chi connectivity index (χ0n) is 14.0. The van der Waals surface area contributed by atoms with Crippen LogP contribution >= 0.6 is 23.1 Å². The summed E-state index contributed by atoms with van der Waals surface area (Å²) in [6, 6.07) is 17.2. The van der Waals surface area contributed by atoms with Crippen LogP contribution in [0.2, 0.25) is 0 Å². The average molecular weight is 381 g/mol. The molecule has 4 rings (SSSR count). The van der Waals surface area contributed by atoms with E-state index in [2.05, 4.69) is 15.6 Å². The van der Waals surface area contributed by atoms with Crippen LogP contribution in [0.5, 0.6) is 5.75 Å². The standard InChI is InChI=1S/C19H15N3O2S2/c1-24-15-9-7-13(8-10-15)16-11-25-18-20-21-19(22(16)18)26-12-17(23)14-5-3-2-4-6-14/h2-11H,12H2,1H3. The summed E-state index contributed by atoms with van der Waals surface area (Å²) in [5.74, 6) is 1.21. The summed E-state index contributed by atoms with van der Waals surface area (Å²) in [5, 5.41) is 11.2. The van der Waals surface area contributed by atoms with Crippen molar-refractivity contribution in [1.82, 2.24) is 14.6 Å². The highest BCUT2D eigenvalue weighted by Crippen LogP contribution is 2.31. The smallest absolute Gasteiger partial charge is 0.217 e. The number of thioether (sulfide) groups is 1. The van der Waals surface area contributed by atoms with Gasteiger partial charge in [-0.1, -0.05) is 42.1 Å². The van der Waals surface area contributed by atoms with Crippen LogP contribution in [0.15, 0.2) is 65.1 Å². The molecule has 4 aromatic rings. The van der Waals surface area contributed by atoms with Crippen molar-refractivity contribution < 1.29 is 9.53 Å². The minimum absolute atomic E-state index is 0.0774. The molecule has 2 aromatic carbocycles. The fraction of sp³-hybridized carbons (Fsp3) is 0.105. The summed E-state index contributed by atoms with van der Waals surface area (Å²) in [6.07, 6.45) is 0. The second-order valence-electron chi connectivity index (χ2n) is 5.53. The molecule has 0 unspecified atom stereocenters. The molecule has 0 radical (unpaired) electrons. The van der Waals surface area contributed by atoms with E-state index in [0.717, 1.165) is 27.1 Å². The van der Waals surface area contributed by atoms with Gasteiger partial charge >= 0.3 is 0 Å². The third kappa shape index (κ3) is 3.23. The number of Topliss-reactive ketones (excluding diaryl/α,β-unsaturated/α-hetero) is 1. The molecule has 2 aromatic heterocycles. The average Bonchev–Trinajstić information content (AvgIpc) is 3.29. The van der Waals surface area contributed by atoms with Crippen molar-refractivity contribution in [1.29, 1.82) is 0 Å². The van der Waals surface area contributed by atoms with E-state index in [1.165, 1.54) is 23.1 Å². The van der Waals surface area contributed by atoms with Crippen LogP contribution in [0, 0.1) is 0 Å². The Hall–Kier alpha value is -2.64. The van der Waals surface area contributed by atoms with Gasteiger partial charge < -0.3 is 4.74 Å². The number of hydrogen-bond donors (Lipinski definition) is 0. The lowest BCUT2D eigenvalue weighted by Crippen LogP contribution is -2.02. The number of aromatic nitrogens is 3. The molecule has 0 aliphatic rings. The van der Waals surface area contributed by atoms with Gasteiger partial charge in [0.25, 0.3) is 0 Å². The van der Waals surface area contributed by atoms with Gasteiger partial charge in [-0.15, -0.1) is 21.5 Å². The monoisotopic (exact) mass is 381 g/mol. The Morgan fingerprint density at radius 3 is 2.62 bits per heavy atom. The van der Waals surface area contributed by atoms with E-state index in [1.807, 2.05) is 59.0 Å². The maximum Gasteiger partial charge on any atom is 0.217 e. The number of methoxy groups -OCH3 is 1. The molecule has 26 heavy (non-hydrogen) atoms. The largest absolute Gasteiger partial charge is 0.497 e. The van der Waals surface area contributed by atoms with Gasteiger partial charge in [0.15, 0.2) is 10.9 Å². The molecular formula is C19H15N3O2S2. The summed E-state index contributed by atoms with van der Waals surface area (Å²) in [4.78, 5) is 13.2. The number of hydrogen-bond acceptors (Lipinski definition) is 6. The lowest BCUT2D eigenvalue weighted by Gasteiger charge is -2.04. The van der Waals surface area contributed by atoms with E-state index in [0.29, 0.717) is 11.3 Å². The fourth-order valence-electron chi connectivity index (χ4n) is 2.59. The third-order valence-corrected chi connectivity index (χ3v) is 5.68. The first kappa shape index (κ1) is 16.8. The Morgan fingerprint density at radius 2 is 1.88 bits per heavy atom. The molecule has 0 spiro atoms. The SMILES string of the molecule is COc1ccc(-c2csc3nnc(SCC(=O)c4ccccc4)n23)cc1. The first-order chi connectivity index (χ1) is 12.8. The zero-order valence-corrected chi connectivity index (χ0v) is 15.6. The molecule has 0 saturated carbocycles. The molecule has 7 heteroatoms. The maximum atomic E-state index is 12.4. The van der Waals surface area contributed by atoms with Gasteiger partial charge in [0, 0.05) is 10.9 Å². The van der Waals surface area contributed by atoms with Gasteiger partial charge in [0.05, 0.1) is 18.6 Å². The van der Waals surface area contributed by atoms with Crippen LogP contribution in [0.1, 0.15) is 10.4 Å². The number of carbonyl (C=O) groups excluding carboxylic acids is 1. The number of nitrogens with zero attached hydrogens (tertiary/aromatic N) is 3. The van der Waals surface area contributed by atoms with Crippen molar-refractivity contribution in [3.8, 4) is 17.0 Å². The molecule has 0 amide bonds. The van der Waals surface area contributed by atoms with Crippen molar-refractivity contribution in [2.45, 2.75) is 5.16 Å². The second-order valence-corrected chi connectivity index (χ2v) is 7.31. The number of ketones is 1. The molecule has 0 aliphatic carbocycles. The first-order valence-electron chi connectivity index (χ1n) is 7.94. The third-order valence-electron chi connectivity index (χ3n) is 3.93. The molecule has 0 bridgehead atoms. The number of carbonyl (C=O) groups is 1. The Bertz CT molecular complexity index is 1040. The van der Waals surface area contributed by atoms with Gasteiger partial charge in [-0.05, 0) is 29.8 Å². The quantitative estimate of drug-likeness (QED) is 0.365. The van der Waals surface area contributed by atoms with E-state index in [9.17, 15) is 4.79 Å². The molecular weight excluding hydrogens is 366 g/mol. The van der Waals surface area contributed by atoms with Crippen molar-refractivity contribution in [3.63, 3.8) is 0 Å². The fourth-order valence-corrected chi connectivity index (χ4v) is 4.32. The van der Waals surface area contributed by atoms with Crippen LogP contribution in [0.4, 0.5) is 0 Å². The highest BCUT2D eigenvalue weighted by atomic mass is 32.2. The highest BCUT2D eigenvalue weighted by Gasteiger charge is 2.15. The molecule has 0 saturated heterocycles. The van der Waals surface area contributed by atoms with Gasteiger partial charge in [0.1, 0.15) is 5.75 Å². The molecule has 2 heterocycles. The van der Waals surface area contributed by atoms with Crippen LogP contribution in [-0.2, 0) is 0 Å². The molecule has 0 atom stereocenters. The van der Waals surface area contributed by atoms with Crippen LogP contribution in [0.3, 0.4) is 0 Å². The number of benzene rings is 2. The number of rotatable bonds is 6. The normalized spacial score (nSPS) is 11.0. The zero-order chi connectivity index (χ0) is 17.9. The van der Waals surface area contributed by atoms with Crippen LogP contribution in [-0.4, -0.2) is 33.2 Å². The molecule has 130 valence electrons. The van der Waals surface area contributed by atoms with Gasteiger partial charge in [-0.2, -0.15) is 0 Å². The van der Waals surface area contributed by atoms with Gasteiger partial charge in [-0.3, -0.25) is 9.20 Å². The summed E-state index contributed by atoms with van der Waals surface area (Å²) in [5.41, 5.74) is 2.77. The summed E-state index contributed by atoms with van der Waals surface area (Å²) < 4.78 is 7.21. The highest BCUT2D eigenvalue weighted by molar-refractivity contribution is 7.99. The maximum absolute atomic E-state index is 12.4. The summed E-state index contributed by atoms with van der Waals surface area (Å²) in [6.45, 7) is 0. The first-order valence-corrected chi connectivity index (χ1v) is 9.81. The van der Waals surface area contributed by atoms with Gasteiger partial charge in [-0.25, -0.2) is 0 Å². The van der Waals surface area contributed by atoms with E-state index < -0.39 is 0 Å². The van der Waals surface area contributed by atoms with Crippen molar-refractivity contribution in [2.24, 2.45) is 0 Å². The van der Waals surface area contributed by atoms with Crippen LogP contribution < -0.4 is 4.74 Å². The molecule has 5 nitrogen and oxygen atoms in total. The van der Waals surface area contributed by atoms with Crippen LogP contribution in [0.25, 0.3) is 16.2 Å². The van der Waals surface area contributed by atoms with Crippen molar-refractivity contribution in [3.05, 3.63) is 65.5 Å². The minimum Gasteiger partial charge on any atom is -0.497 e. The van der Waals surface area contributed by atoms with E-state index in [-0.39, 0.29) is 5.78 Å². The minimum atomic E-state index is 0.0774. The number of fused-ring (bicyclic) bond motifs is 1. The van der Waals surface area contributed by atoms with Crippen molar-refractivity contribution >= 4 is 33.8 Å². The van der Waals surface area contributed by atoms with E-state index in [4.69, 9.17) is 4.74 Å². The van der Waals surface area contributed by atoms with E-state index >= 15 is 0 Å². The Labute approximate surface area is 158 Å². The Balaban J connectivity index is 1.60. The molecule has 0 fully saturated rings. The Kier molecular flexibility index (Phi) is 4.73. The predicted octanol–water partition coefficient (Wildman–Crippen LogP) is 4.44. The predicted molar refractivity (Wildman–Crippen MR) is 104 cm³/mol. The van der Waals surface area contributed by atoms with Crippen molar-refractivity contribution in [2.75, 3.05) is 12.9 Å². The topological polar surface area (TPSA) is 56.5 Å². The van der Waals surface area contributed by atoms with Gasteiger partial charge in [0.2, 0.25) is 4.96 Å². The Morgan fingerprint density at radius 1 is 1.12 bits per heavy atom. The lowest BCUT2D eigenvalue weighted by atomic mass is 10.2. The molecule has 0 N–H and O–H groups in total. The number of thiazole rings is 1. The summed E-state index contributed by atoms with van der Waals surface area (Å²) in [7, 11) is 1.65. The number of ether oxygens (including phenoxy) is 1. The summed E-state index contributed by atoms with van der Waals surface area (Å²) >= 11 is 2.93. The lowest BCUT2D eigenvalue weighted by molar-refractivity contribution is 0.102. The second kappa shape index (κ2) is 7.31. The molecule has 0 aliphatic heterocycles. The van der Waals surface area contributed by atoms with E-state index in [1.54, 1.807) is 7.11 Å².